The Balaban J connectivity index is 0.900. The highest BCUT2D eigenvalue weighted by Crippen LogP contribution is 2.69. The van der Waals surface area contributed by atoms with E-state index in [1.54, 1.807) is 19.1 Å². The molecule has 0 heterocycles. The Hall–Kier alpha value is -3.67. The van der Waals surface area contributed by atoms with E-state index in [1.165, 1.54) is 60.6 Å². The highest BCUT2D eigenvalue weighted by molar-refractivity contribution is 5.91. The molecule has 9 rings (SSSR count). The van der Waals surface area contributed by atoms with Gasteiger partial charge in [-0.05, 0) is 179 Å². The number of ether oxygens (including phenoxy) is 3. The molecule has 0 aliphatic heterocycles. The first kappa shape index (κ1) is 36.9. The molecule has 0 aromatic heterocycles. The second kappa shape index (κ2) is 13.2. The number of esters is 2. The van der Waals surface area contributed by atoms with E-state index in [4.69, 9.17) is 14.2 Å². The van der Waals surface area contributed by atoms with Crippen LogP contribution in [0, 0.1) is 45.8 Å². The number of aryl methyl sites for hydroxylation is 1. The van der Waals surface area contributed by atoms with Gasteiger partial charge in [0, 0.05) is 24.2 Å². The number of fused-ring (bicyclic) bond motifs is 10. The van der Waals surface area contributed by atoms with E-state index in [2.05, 4.69) is 45.9 Å². The molecule has 292 valence electrons. The Bertz CT molecular complexity index is 1980. The van der Waals surface area contributed by atoms with Crippen LogP contribution in [0.25, 0.3) is 0 Å². The number of carbonyl (C=O) groups excluding carboxylic acids is 3. The fourth-order valence-electron chi connectivity index (χ4n) is 14.6. The smallest absolute Gasteiger partial charge is 0.343 e. The summed E-state index contributed by atoms with van der Waals surface area (Å²) >= 11 is 0. The Morgan fingerprint density at radius 2 is 1.55 bits per heavy atom. The number of Topliss-reactive ketones (excluding diaryl/α,β-unsaturated/α-hetero) is 1. The maximum Gasteiger partial charge on any atom is 0.343 e. The first-order valence-electron chi connectivity index (χ1n) is 21.5. The number of hydrogen-bond acceptors (Lipinski definition) is 6. The van der Waals surface area contributed by atoms with E-state index in [0.29, 0.717) is 53.2 Å². The molecule has 11 atom stereocenters. The maximum atomic E-state index is 13.2. The third-order valence-corrected chi connectivity index (χ3v) is 17.2. The highest BCUT2D eigenvalue weighted by Gasteiger charge is 2.68. The lowest BCUT2D eigenvalue weighted by molar-refractivity contribution is -0.186. The summed E-state index contributed by atoms with van der Waals surface area (Å²) < 4.78 is 19.0. The minimum Gasteiger partial charge on any atom is -0.494 e. The zero-order valence-electron chi connectivity index (χ0n) is 33.9. The number of benzene rings is 2. The Morgan fingerprint density at radius 3 is 2.31 bits per heavy atom. The second-order valence-electron chi connectivity index (χ2n) is 19.5. The van der Waals surface area contributed by atoms with Gasteiger partial charge < -0.3 is 14.2 Å². The molecule has 4 fully saturated rings. The van der Waals surface area contributed by atoms with E-state index in [1.807, 2.05) is 24.3 Å². The quantitative estimate of drug-likeness (QED) is 0.216. The van der Waals surface area contributed by atoms with Crippen molar-refractivity contribution in [2.45, 2.75) is 143 Å². The topological polar surface area (TPSA) is 78.9 Å². The first-order chi connectivity index (χ1) is 26.3. The standard InChI is InChI=1S/C49H60O6/c1-29-26-39-41(20-24-48(6)42(39)21-25-49(48,30(2)50)55-31(3)51)46(4)22-18-35(28-43(29)46)53-44-17-16-40-38-14-12-33-27-34(54-45(52)32-10-8-7-9-11-32)13-15-36(33)37(38)19-23-47(40,44)5/h7-11,13,15,27-28,37-42,44H,12,14,16-26H2,1-6H3/t37-,38-,39-,40+,41+,42+,44+,46-,47+,48+,49+/m1/s1. The largest absolute Gasteiger partial charge is 0.494 e. The van der Waals surface area contributed by atoms with Crippen LogP contribution in [0.15, 0.2) is 71.5 Å². The van der Waals surface area contributed by atoms with Gasteiger partial charge in [0.1, 0.15) is 11.9 Å². The first-order valence-corrected chi connectivity index (χ1v) is 21.5. The zero-order valence-corrected chi connectivity index (χ0v) is 33.9. The average molecular weight is 745 g/mol. The van der Waals surface area contributed by atoms with Crippen molar-refractivity contribution >= 4 is 17.7 Å². The number of rotatable bonds is 6. The summed E-state index contributed by atoms with van der Waals surface area (Å²) in [5, 5.41) is 0. The average Bonchev–Trinajstić information content (AvgIpc) is 3.65. The fraction of sp³-hybridized carbons (Fsp3) is 0.612. The third kappa shape index (κ3) is 5.57. The molecule has 7 aliphatic rings. The van der Waals surface area contributed by atoms with Crippen molar-refractivity contribution in [1.82, 2.24) is 0 Å². The Labute approximate surface area is 327 Å². The monoisotopic (exact) mass is 744 g/mol. The molecule has 2 aromatic carbocycles. The van der Waals surface area contributed by atoms with Crippen molar-refractivity contribution in [3.63, 3.8) is 0 Å². The lowest BCUT2D eigenvalue weighted by Crippen LogP contribution is -2.58. The molecular weight excluding hydrogens is 685 g/mol. The maximum absolute atomic E-state index is 13.2. The predicted octanol–water partition coefficient (Wildman–Crippen LogP) is 10.9. The van der Waals surface area contributed by atoms with Crippen LogP contribution < -0.4 is 4.74 Å². The molecule has 4 saturated carbocycles. The van der Waals surface area contributed by atoms with Gasteiger partial charge >= 0.3 is 11.9 Å². The number of allylic oxidation sites excluding steroid dienone is 4. The van der Waals surface area contributed by atoms with Gasteiger partial charge in [-0.2, -0.15) is 0 Å². The minimum absolute atomic E-state index is 0.0192. The summed E-state index contributed by atoms with van der Waals surface area (Å²) in [6, 6.07) is 15.6. The summed E-state index contributed by atoms with van der Waals surface area (Å²) in [7, 11) is 0. The molecule has 6 nitrogen and oxygen atoms in total. The van der Waals surface area contributed by atoms with E-state index < -0.39 is 5.60 Å². The van der Waals surface area contributed by atoms with Crippen LogP contribution in [0.5, 0.6) is 5.75 Å². The number of ketones is 1. The van der Waals surface area contributed by atoms with Crippen LogP contribution >= 0.6 is 0 Å². The van der Waals surface area contributed by atoms with Crippen LogP contribution in [-0.2, 0) is 25.5 Å². The summed E-state index contributed by atoms with van der Waals surface area (Å²) in [4.78, 5) is 38.3. The van der Waals surface area contributed by atoms with Gasteiger partial charge in [0.25, 0.3) is 0 Å². The molecule has 0 radical (unpaired) electrons. The van der Waals surface area contributed by atoms with Crippen molar-refractivity contribution < 1.29 is 28.6 Å². The highest BCUT2D eigenvalue weighted by atomic mass is 16.6. The summed E-state index contributed by atoms with van der Waals surface area (Å²) in [5.41, 5.74) is 5.35. The lowest BCUT2D eigenvalue weighted by Gasteiger charge is -2.59. The number of carbonyl (C=O) groups is 3. The van der Waals surface area contributed by atoms with E-state index >= 15 is 0 Å². The van der Waals surface area contributed by atoms with Crippen molar-refractivity contribution in [3.8, 4) is 5.75 Å². The van der Waals surface area contributed by atoms with Crippen molar-refractivity contribution in [2.24, 2.45) is 45.8 Å². The molecule has 0 saturated heterocycles. The van der Waals surface area contributed by atoms with E-state index in [0.717, 1.165) is 51.4 Å². The van der Waals surface area contributed by atoms with Gasteiger partial charge in [0.15, 0.2) is 11.4 Å². The van der Waals surface area contributed by atoms with Gasteiger partial charge in [-0.25, -0.2) is 4.79 Å². The lowest BCUT2D eigenvalue weighted by atomic mass is 9.46. The van der Waals surface area contributed by atoms with E-state index in [9.17, 15) is 14.4 Å². The van der Waals surface area contributed by atoms with Crippen LogP contribution in [0.1, 0.15) is 146 Å². The fourth-order valence-corrected chi connectivity index (χ4v) is 14.6. The zero-order chi connectivity index (χ0) is 38.5. The molecule has 0 N–H and O–H groups in total. The molecular formula is C49H60O6. The summed E-state index contributed by atoms with van der Waals surface area (Å²) in [6.45, 7) is 12.8. The van der Waals surface area contributed by atoms with Gasteiger partial charge in [-0.3, -0.25) is 9.59 Å². The van der Waals surface area contributed by atoms with Gasteiger partial charge in [-0.1, -0.05) is 50.6 Å². The van der Waals surface area contributed by atoms with Gasteiger partial charge in [0.2, 0.25) is 0 Å². The van der Waals surface area contributed by atoms with Crippen LogP contribution in [0.4, 0.5) is 0 Å². The van der Waals surface area contributed by atoms with Crippen molar-refractivity contribution in [3.05, 3.63) is 88.2 Å². The van der Waals surface area contributed by atoms with Crippen LogP contribution in [-0.4, -0.2) is 29.4 Å². The van der Waals surface area contributed by atoms with Gasteiger partial charge in [-0.15, -0.1) is 0 Å². The van der Waals surface area contributed by atoms with Gasteiger partial charge in [0.05, 0.1) is 11.3 Å². The van der Waals surface area contributed by atoms with Crippen molar-refractivity contribution in [1.29, 1.82) is 0 Å². The molecule has 0 unspecified atom stereocenters. The van der Waals surface area contributed by atoms with Crippen LogP contribution in [0.3, 0.4) is 0 Å². The normalized spacial score (nSPS) is 40.0. The van der Waals surface area contributed by atoms with E-state index in [-0.39, 0.29) is 40.1 Å². The predicted molar refractivity (Wildman–Crippen MR) is 212 cm³/mol. The molecule has 55 heavy (non-hydrogen) atoms. The summed E-state index contributed by atoms with van der Waals surface area (Å²) in [6.07, 6.45) is 16.4. The third-order valence-electron chi connectivity index (χ3n) is 17.2. The molecule has 0 spiro atoms. The summed E-state index contributed by atoms with van der Waals surface area (Å²) in [5.74, 6) is 4.53. The molecule has 0 amide bonds. The van der Waals surface area contributed by atoms with Crippen molar-refractivity contribution in [2.75, 3.05) is 0 Å². The second-order valence-corrected chi connectivity index (χ2v) is 19.5. The molecule has 0 bridgehead atoms. The SMILES string of the molecule is CC(=O)O[C@]1(C(C)=O)CC[C@H]2[C@@H]3CC(C)=C4C=C(O[C@H]5CC[C@H]6[C@@H]7CCc8cc(OC(=O)c9ccccc9)ccc8[C@H]7CC[C@]56C)CC[C@]4(C)[C@H]3CC[C@@]21C. The Morgan fingerprint density at radius 1 is 0.764 bits per heavy atom. The molecule has 6 heteroatoms. The minimum atomic E-state index is -0.987. The van der Waals surface area contributed by atoms with Crippen LogP contribution in [0.2, 0.25) is 0 Å². The molecule has 2 aromatic rings. The number of hydrogen-bond donors (Lipinski definition) is 0. The Kier molecular flexibility index (Phi) is 8.86. The molecule has 7 aliphatic carbocycles.